The third-order valence-corrected chi connectivity index (χ3v) is 2.43. The fraction of sp³-hybridized carbons (Fsp3) is 0.364. The van der Waals surface area contributed by atoms with Crippen molar-refractivity contribution in [3.8, 4) is 0 Å². The minimum atomic E-state index is -0.485. The Morgan fingerprint density at radius 3 is 2.80 bits per heavy atom. The van der Waals surface area contributed by atoms with Gasteiger partial charge in [-0.3, -0.25) is 4.79 Å². The number of halogens is 1. The number of rotatable bonds is 3. The van der Waals surface area contributed by atoms with E-state index in [0.29, 0.717) is 10.7 Å². The van der Waals surface area contributed by atoms with Crippen LogP contribution in [0, 0.1) is 6.92 Å². The molecule has 0 aliphatic carbocycles. The molecule has 1 aromatic rings. The summed E-state index contributed by atoms with van der Waals surface area (Å²) < 4.78 is 4.90. The lowest BCUT2D eigenvalue weighted by Crippen LogP contribution is -2.26. The minimum Gasteiger partial charge on any atom is -0.372 e. The zero-order chi connectivity index (χ0) is 11.4. The van der Waals surface area contributed by atoms with Crippen molar-refractivity contribution in [3.05, 3.63) is 28.8 Å². The number of amides is 1. The van der Waals surface area contributed by atoms with Gasteiger partial charge in [0.25, 0.3) is 5.91 Å². The summed E-state index contributed by atoms with van der Waals surface area (Å²) in [6, 6.07) is 5.46. The van der Waals surface area contributed by atoms with Crippen molar-refractivity contribution in [2.75, 3.05) is 12.4 Å². The largest absolute Gasteiger partial charge is 0.372 e. The molecule has 1 unspecified atom stereocenters. The highest BCUT2D eigenvalue weighted by Gasteiger charge is 2.12. The van der Waals surface area contributed by atoms with Crippen molar-refractivity contribution in [2.45, 2.75) is 20.0 Å². The number of ether oxygens (including phenoxy) is 1. The van der Waals surface area contributed by atoms with Crippen LogP contribution in [0.2, 0.25) is 5.02 Å². The molecule has 0 fully saturated rings. The van der Waals surface area contributed by atoms with E-state index >= 15 is 0 Å². The van der Waals surface area contributed by atoms with E-state index in [4.69, 9.17) is 16.3 Å². The Balaban J connectivity index is 2.80. The van der Waals surface area contributed by atoms with Gasteiger partial charge in [0.15, 0.2) is 0 Å². The van der Waals surface area contributed by atoms with Gasteiger partial charge >= 0.3 is 0 Å². The molecule has 3 nitrogen and oxygen atoms in total. The lowest BCUT2D eigenvalue weighted by molar-refractivity contribution is -0.124. The van der Waals surface area contributed by atoms with Crippen LogP contribution in [0.5, 0.6) is 0 Å². The molecule has 4 heteroatoms. The van der Waals surface area contributed by atoms with Gasteiger partial charge < -0.3 is 10.1 Å². The SMILES string of the molecule is COC(C)C(=O)Nc1cc(C)ccc1Cl. The summed E-state index contributed by atoms with van der Waals surface area (Å²) in [6.07, 6.45) is -0.485. The highest BCUT2D eigenvalue weighted by Crippen LogP contribution is 2.22. The van der Waals surface area contributed by atoms with Gasteiger partial charge in [0.1, 0.15) is 6.10 Å². The molecule has 0 radical (unpaired) electrons. The molecule has 0 saturated heterocycles. The molecule has 82 valence electrons. The number of methoxy groups -OCH3 is 1. The normalized spacial score (nSPS) is 12.3. The maximum Gasteiger partial charge on any atom is 0.253 e. The van der Waals surface area contributed by atoms with Gasteiger partial charge in [0, 0.05) is 7.11 Å². The predicted octanol–water partition coefficient (Wildman–Crippen LogP) is 2.62. The molecule has 1 atom stereocenters. The molecule has 1 amide bonds. The maximum absolute atomic E-state index is 11.5. The van der Waals surface area contributed by atoms with E-state index in [9.17, 15) is 4.79 Å². The third-order valence-electron chi connectivity index (χ3n) is 2.10. The van der Waals surface area contributed by atoms with Crippen molar-refractivity contribution in [1.29, 1.82) is 0 Å². The summed E-state index contributed by atoms with van der Waals surface area (Å²) in [5.41, 5.74) is 1.66. The molecule has 0 saturated carbocycles. The monoisotopic (exact) mass is 227 g/mol. The topological polar surface area (TPSA) is 38.3 Å². The molecule has 15 heavy (non-hydrogen) atoms. The number of carbonyl (C=O) groups excluding carboxylic acids is 1. The van der Waals surface area contributed by atoms with Gasteiger partial charge in [-0.1, -0.05) is 17.7 Å². The second-order valence-electron chi connectivity index (χ2n) is 3.35. The third kappa shape index (κ3) is 3.22. The molecule has 0 aliphatic heterocycles. The van der Waals surface area contributed by atoms with E-state index in [1.807, 2.05) is 19.1 Å². The van der Waals surface area contributed by atoms with Gasteiger partial charge in [-0.25, -0.2) is 0 Å². The van der Waals surface area contributed by atoms with E-state index in [1.54, 1.807) is 13.0 Å². The first-order valence-corrected chi connectivity index (χ1v) is 5.02. The van der Waals surface area contributed by atoms with E-state index in [1.165, 1.54) is 7.11 Å². The Hall–Kier alpha value is -1.06. The van der Waals surface area contributed by atoms with Crippen LogP contribution in [0.4, 0.5) is 5.69 Å². The lowest BCUT2D eigenvalue weighted by atomic mass is 10.2. The summed E-state index contributed by atoms with van der Waals surface area (Å²) in [4.78, 5) is 11.5. The Morgan fingerprint density at radius 2 is 2.20 bits per heavy atom. The first kappa shape index (κ1) is 12.0. The Kier molecular flexibility index (Phi) is 4.12. The number of hydrogen-bond acceptors (Lipinski definition) is 2. The van der Waals surface area contributed by atoms with Crippen LogP contribution in [0.3, 0.4) is 0 Å². The molecule has 0 aromatic heterocycles. The van der Waals surface area contributed by atoms with Crippen molar-refractivity contribution in [3.63, 3.8) is 0 Å². The van der Waals surface area contributed by atoms with Crippen LogP contribution in [0.25, 0.3) is 0 Å². The Morgan fingerprint density at radius 1 is 1.53 bits per heavy atom. The Labute approximate surface area is 94.4 Å². The average Bonchev–Trinajstić information content (AvgIpc) is 2.22. The number of hydrogen-bond donors (Lipinski definition) is 1. The van der Waals surface area contributed by atoms with Gasteiger partial charge in [0.2, 0.25) is 0 Å². The van der Waals surface area contributed by atoms with E-state index in [2.05, 4.69) is 5.32 Å². The fourth-order valence-corrected chi connectivity index (χ4v) is 1.24. The first-order chi connectivity index (χ1) is 7.04. The van der Waals surface area contributed by atoms with Crippen LogP contribution in [0.1, 0.15) is 12.5 Å². The van der Waals surface area contributed by atoms with E-state index in [-0.39, 0.29) is 5.91 Å². The molecule has 1 aromatic carbocycles. The van der Waals surface area contributed by atoms with Crippen molar-refractivity contribution < 1.29 is 9.53 Å². The highest BCUT2D eigenvalue weighted by atomic mass is 35.5. The standard InChI is InChI=1S/C11H14ClNO2/c1-7-4-5-9(12)10(6-7)13-11(14)8(2)15-3/h4-6,8H,1-3H3,(H,13,14). The van der Waals surface area contributed by atoms with Gasteiger partial charge in [-0.2, -0.15) is 0 Å². The van der Waals surface area contributed by atoms with Crippen LogP contribution in [0.15, 0.2) is 18.2 Å². The van der Waals surface area contributed by atoms with Crippen LogP contribution < -0.4 is 5.32 Å². The molecule has 0 bridgehead atoms. The van der Waals surface area contributed by atoms with E-state index in [0.717, 1.165) is 5.56 Å². The number of carbonyl (C=O) groups is 1. The number of anilines is 1. The number of aryl methyl sites for hydroxylation is 1. The molecule has 1 N–H and O–H groups in total. The van der Waals surface area contributed by atoms with Gasteiger partial charge in [-0.15, -0.1) is 0 Å². The zero-order valence-corrected chi connectivity index (χ0v) is 9.76. The Bertz CT molecular complexity index is 366. The van der Waals surface area contributed by atoms with Crippen LogP contribution in [-0.4, -0.2) is 19.1 Å². The molecule has 0 spiro atoms. The van der Waals surface area contributed by atoms with Crippen molar-refractivity contribution >= 4 is 23.2 Å². The maximum atomic E-state index is 11.5. The lowest BCUT2D eigenvalue weighted by Gasteiger charge is -2.11. The van der Waals surface area contributed by atoms with Gasteiger partial charge in [-0.05, 0) is 31.5 Å². The molecule has 1 rings (SSSR count). The second kappa shape index (κ2) is 5.14. The predicted molar refractivity (Wildman–Crippen MR) is 61.3 cm³/mol. The second-order valence-corrected chi connectivity index (χ2v) is 3.76. The fourth-order valence-electron chi connectivity index (χ4n) is 1.08. The molecular formula is C11H14ClNO2. The number of benzene rings is 1. The summed E-state index contributed by atoms with van der Waals surface area (Å²) in [6.45, 7) is 3.62. The van der Waals surface area contributed by atoms with Crippen LogP contribution in [-0.2, 0) is 9.53 Å². The summed E-state index contributed by atoms with van der Waals surface area (Å²) >= 11 is 5.93. The van der Waals surface area contributed by atoms with Gasteiger partial charge in [0.05, 0.1) is 10.7 Å². The van der Waals surface area contributed by atoms with Crippen molar-refractivity contribution in [1.82, 2.24) is 0 Å². The highest BCUT2D eigenvalue weighted by molar-refractivity contribution is 6.33. The van der Waals surface area contributed by atoms with E-state index < -0.39 is 6.10 Å². The number of nitrogens with one attached hydrogen (secondary N) is 1. The smallest absolute Gasteiger partial charge is 0.253 e. The van der Waals surface area contributed by atoms with Crippen molar-refractivity contribution in [2.24, 2.45) is 0 Å². The average molecular weight is 228 g/mol. The van der Waals surface area contributed by atoms with Crippen LogP contribution >= 0.6 is 11.6 Å². The minimum absolute atomic E-state index is 0.204. The molecule has 0 aliphatic rings. The summed E-state index contributed by atoms with van der Waals surface area (Å²) in [5, 5.41) is 3.23. The quantitative estimate of drug-likeness (QED) is 0.862. The first-order valence-electron chi connectivity index (χ1n) is 4.64. The summed E-state index contributed by atoms with van der Waals surface area (Å²) in [7, 11) is 1.49. The summed E-state index contributed by atoms with van der Waals surface area (Å²) in [5.74, 6) is -0.204. The zero-order valence-electron chi connectivity index (χ0n) is 9.00. The molecular weight excluding hydrogens is 214 g/mol. The molecule has 0 heterocycles.